The minimum Gasteiger partial charge on any atom is -0.397 e. The van der Waals surface area contributed by atoms with Gasteiger partial charge >= 0.3 is 0 Å². The molecule has 4 N–H and O–H groups in total. The highest BCUT2D eigenvalue weighted by Crippen LogP contribution is 2.26. The molecule has 0 unspecified atom stereocenters. The largest absolute Gasteiger partial charge is 0.397 e. The maximum atomic E-state index is 11.5. The van der Waals surface area contributed by atoms with Gasteiger partial charge in [-0.1, -0.05) is 0 Å². The summed E-state index contributed by atoms with van der Waals surface area (Å²) in [4.78, 5) is 2.01. The lowest BCUT2D eigenvalue weighted by molar-refractivity contribution is 0.191. The van der Waals surface area contributed by atoms with Gasteiger partial charge in [0.25, 0.3) is 0 Å². The van der Waals surface area contributed by atoms with E-state index < -0.39 is 10.0 Å². The van der Waals surface area contributed by atoms with E-state index in [1.54, 1.807) is 20.3 Å². The summed E-state index contributed by atoms with van der Waals surface area (Å²) in [6.07, 6.45) is 0.791. The SMILES string of the molecule is COCCCN(CCOC)c1cc(S(N)(=O)=O)ccc1N. The highest BCUT2D eigenvalue weighted by atomic mass is 32.2. The summed E-state index contributed by atoms with van der Waals surface area (Å²) < 4.78 is 33.1. The summed E-state index contributed by atoms with van der Waals surface area (Å²) in [6, 6.07) is 4.44. The van der Waals surface area contributed by atoms with Crippen LogP contribution in [0.5, 0.6) is 0 Å². The molecule has 1 aromatic carbocycles. The zero-order valence-corrected chi connectivity index (χ0v) is 13.2. The molecule has 0 amide bonds. The average Bonchev–Trinajstić information content (AvgIpc) is 2.42. The molecule has 0 aliphatic rings. The first-order valence-electron chi connectivity index (χ1n) is 6.55. The van der Waals surface area contributed by atoms with Crippen molar-refractivity contribution in [2.75, 3.05) is 51.2 Å². The molecule has 0 saturated heterocycles. The highest BCUT2D eigenvalue weighted by molar-refractivity contribution is 7.89. The average molecular weight is 317 g/mol. The molecule has 120 valence electrons. The molecule has 0 heterocycles. The molecule has 0 aliphatic heterocycles. The van der Waals surface area contributed by atoms with E-state index in [4.69, 9.17) is 20.3 Å². The van der Waals surface area contributed by atoms with Gasteiger partial charge in [0.1, 0.15) is 0 Å². The van der Waals surface area contributed by atoms with E-state index in [0.717, 1.165) is 6.42 Å². The molecule has 0 radical (unpaired) electrons. The van der Waals surface area contributed by atoms with Crippen molar-refractivity contribution in [2.45, 2.75) is 11.3 Å². The Labute approximate surface area is 125 Å². The second-order valence-electron chi connectivity index (χ2n) is 4.59. The topological polar surface area (TPSA) is 108 Å². The lowest BCUT2D eigenvalue weighted by Gasteiger charge is -2.26. The number of benzene rings is 1. The van der Waals surface area contributed by atoms with Gasteiger partial charge in [-0.15, -0.1) is 0 Å². The lowest BCUT2D eigenvalue weighted by Crippen LogP contribution is -2.30. The van der Waals surface area contributed by atoms with Crippen molar-refractivity contribution in [3.05, 3.63) is 18.2 Å². The van der Waals surface area contributed by atoms with E-state index in [1.807, 2.05) is 4.90 Å². The minimum absolute atomic E-state index is 0.0425. The van der Waals surface area contributed by atoms with Crippen molar-refractivity contribution in [1.82, 2.24) is 0 Å². The van der Waals surface area contributed by atoms with Gasteiger partial charge in [-0.25, -0.2) is 13.6 Å². The standard InChI is InChI=1S/C13H23N3O4S/c1-19-8-3-6-16(7-9-20-2)13-10-11(21(15,17)18)4-5-12(13)14/h4-5,10H,3,6-9,14H2,1-2H3,(H2,15,17,18). The minimum atomic E-state index is -3.76. The second-order valence-corrected chi connectivity index (χ2v) is 6.15. The number of hydrogen-bond acceptors (Lipinski definition) is 6. The van der Waals surface area contributed by atoms with E-state index in [-0.39, 0.29) is 4.90 Å². The van der Waals surface area contributed by atoms with Crippen LogP contribution in [0.15, 0.2) is 23.1 Å². The number of hydrogen-bond donors (Lipinski definition) is 2. The second kappa shape index (κ2) is 8.18. The number of anilines is 2. The summed E-state index contributed by atoms with van der Waals surface area (Å²) in [5.41, 5.74) is 7.09. The van der Waals surface area contributed by atoms with Crippen LogP contribution in [0.3, 0.4) is 0 Å². The molecule has 0 saturated carbocycles. The predicted octanol–water partition coefficient (Wildman–Crippen LogP) is 0.406. The van der Waals surface area contributed by atoms with E-state index in [0.29, 0.717) is 37.7 Å². The third-order valence-corrected chi connectivity index (χ3v) is 3.92. The Morgan fingerprint density at radius 2 is 1.81 bits per heavy atom. The first-order valence-corrected chi connectivity index (χ1v) is 8.10. The monoisotopic (exact) mass is 317 g/mol. The number of nitrogens with two attached hydrogens (primary N) is 2. The molecule has 21 heavy (non-hydrogen) atoms. The first kappa shape index (κ1) is 17.7. The molecule has 0 aliphatic carbocycles. The van der Waals surface area contributed by atoms with Crippen molar-refractivity contribution in [1.29, 1.82) is 0 Å². The fourth-order valence-corrected chi connectivity index (χ4v) is 2.46. The van der Waals surface area contributed by atoms with Crippen molar-refractivity contribution in [3.8, 4) is 0 Å². The zero-order chi connectivity index (χ0) is 15.9. The molecule has 0 spiro atoms. The van der Waals surface area contributed by atoms with E-state index in [9.17, 15) is 8.42 Å². The van der Waals surface area contributed by atoms with Crippen LogP contribution in [0.2, 0.25) is 0 Å². The Morgan fingerprint density at radius 1 is 1.14 bits per heavy atom. The number of rotatable bonds is 9. The van der Waals surface area contributed by atoms with Crippen LogP contribution >= 0.6 is 0 Å². The molecule has 0 bridgehead atoms. The van der Waals surface area contributed by atoms with Gasteiger partial charge in [0, 0.05) is 33.9 Å². The molecule has 7 nitrogen and oxygen atoms in total. The van der Waals surface area contributed by atoms with Gasteiger partial charge in [-0.05, 0) is 24.6 Å². The normalized spacial score (nSPS) is 11.6. The van der Waals surface area contributed by atoms with Crippen molar-refractivity contribution in [2.24, 2.45) is 5.14 Å². The Hall–Kier alpha value is -1.35. The summed E-state index contributed by atoms with van der Waals surface area (Å²) in [5.74, 6) is 0. The molecule has 0 aromatic heterocycles. The van der Waals surface area contributed by atoms with E-state index >= 15 is 0 Å². The Bertz CT molecular complexity index is 548. The fourth-order valence-electron chi connectivity index (χ4n) is 1.93. The van der Waals surface area contributed by atoms with Crippen LogP contribution in [0.25, 0.3) is 0 Å². The third-order valence-electron chi connectivity index (χ3n) is 3.01. The summed E-state index contributed by atoms with van der Waals surface area (Å²) >= 11 is 0. The Kier molecular flexibility index (Phi) is 6.90. The lowest BCUT2D eigenvalue weighted by atomic mass is 10.2. The molecule has 1 rings (SSSR count). The van der Waals surface area contributed by atoms with E-state index in [2.05, 4.69) is 0 Å². The Balaban J connectivity index is 3.03. The summed E-state index contributed by atoms with van der Waals surface area (Å²) in [7, 11) is -0.516. The molecular weight excluding hydrogens is 294 g/mol. The van der Waals surface area contributed by atoms with Crippen LogP contribution in [0, 0.1) is 0 Å². The molecule has 0 atom stereocenters. The number of ether oxygens (including phenoxy) is 2. The van der Waals surface area contributed by atoms with Gasteiger partial charge in [-0.2, -0.15) is 0 Å². The zero-order valence-electron chi connectivity index (χ0n) is 12.4. The number of primary sulfonamides is 1. The Morgan fingerprint density at radius 3 is 2.38 bits per heavy atom. The number of nitrogen functional groups attached to an aromatic ring is 1. The van der Waals surface area contributed by atoms with Gasteiger partial charge < -0.3 is 20.1 Å². The van der Waals surface area contributed by atoms with Gasteiger partial charge in [-0.3, -0.25) is 0 Å². The maximum Gasteiger partial charge on any atom is 0.238 e. The van der Waals surface area contributed by atoms with Crippen molar-refractivity contribution >= 4 is 21.4 Å². The van der Waals surface area contributed by atoms with Crippen molar-refractivity contribution in [3.63, 3.8) is 0 Å². The summed E-state index contributed by atoms with van der Waals surface area (Å²) in [5, 5.41) is 5.17. The first-order chi connectivity index (χ1) is 9.90. The fraction of sp³-hybridized carbons (Fsp3) is 0.538. The van der Waals surface area contributed by atoms with Crippen LogP contribution < -0.4 is 15.8 Å². The summed E-state index contributed by atoms with van der Waals surface area (Å²) in [6.45, 7) is 2.39. The number of methoxy groups -OCH3 is 2. The third kappa shape index (κ3) is 5.50. The quantitative estimate of drug-likeness (QED) is 0.504. The van der Waals surface area contributed by atoms with Gasteiger partial charge in [0.15, 0.2) is 0 Å². The van der Waals surface area contributed by atoms with Crippen molar-refractivity contribution < 1.29 is 17.9 Å². The maximum absolute atomic E-state index is 11.5. The van der Waals surface area contributed by atoms with Gasteiger partial charge in [0.05, 0.1) is 22.9 Å². The number of nitrogens with zero attached hydrogens (tertiary/aromatic N) is 1. The molecule has 0 fully saturated rings. The van der Waals surface area contributed by atoms with Crippen LogP contribution in [-0.2, 0) is 19.5 Å². The van der Waals surface area contributed by atoms with Crippen LogP contribution in [0.4, 0.5) is 11.4 Å². The number of sulfonamides is 1. The van der Waals surface area contributed by atoms with E-state index in [1.165, 1.54) is 12.1 Å². The molecule has 1 aromatic rings. The predicted molar refractivity (Wildman–Crippen MR) is 82.8 cm³/mol. The molecular formula is C13H23N3O4S. The van der Waals surface area contributed by atoms with Crippen LogP contribution in [-0.4, -0.2) is 48.9 Å². The highest BCUT2D eigenvalue weighted by Gasteiger charge is 2.15. The van der Waals surface area contributed by atoms with Crippen LogP contribution in [0.1, 0.15) is 6.42 Å². The smallest absolute Gasteiger partial charge is 0.238 e. The van der Waals surface area contributed by atoms with Gasteiger partial charge in [0.2, 0.25) is 10.0 Å². The molecule has 8 heteroatoms.